The van der Waals surface area contributed by atoms with Gasteiger partial charge in [-0.1, -0.05) is 12.1 Å². The van der Waals surface area contributed by atoms with Crippen LogP contribution in [-0.4, -0.2) is 87.0 Å². The van der Waals surface area contributed by atoms with Crippen molar-refractivity contribution >= 4 is 18.0 Å². The molecule has 2 fully saturated rings. The van der Waals surface area contributed by atoms with Gasteiger partial charge in [0.1, 0.15) is 5.75 Å². The Morgan fingerprint density at radius 3 is 2.24 bits per heavy atom. The van der Waals surface area contributed by atoms with Gasteiger partial charge in [0.05, 0.1) is 32.6 Å². The van der Waals surface area contributed by atoms with E-state index in [0.29, 0.717) is 37.6 Å². The van der Waals surface area contributed by atoms with Crippen molar-refractivity contribution < 1.29 is 23.8 Å². The summed E-state index contributed by atoms with van der Waals surface area (Å²) in [6.07, 6.45) is 1.56. The minimum absolute atomic E-state index is 0.00523. The Morgan fingerprint density at radius 1 is 0.912 bits per heavy atom. The highest BCUT2D eigenvalue weighted by atomic mass is 16.5. The normalized spacial score (nSPS) is 17.0. The molecule has 2 aliphatic rings. The van der Waals surface area contributed by atoms with Gasteiger partial charge in [0, 0.05) is 38.3 Å². The third-order valence-corrected chi connectivity index (χ3v) is 5.71. The number of hydrazone groups is 1. The smallest absolute Gasteiger partial charge is 0.271 e. The lowest BCUT2D eigenvalue weighted by atomic mass is 10.1. The Morgan fingerprint density at radius 2 is 1.56 bits per heavy atom. The van der Waals surface area contributed by atoms with Crippen LogP contribution in [-0.2, 0) is 20.8 Å². The van der Waals surface area contributed by atoms with Crippen LogP contribution in [0, 0.1) is 0 Å². The maximum Gasteiger partial charge on any atom is 0.271 e. The molecule has 0 saturated carbocycles. The number of carbonyl (C=O) groups excluding carboxylic acids is 2. The molecule has 9 nitrogen and oxygen atoms in total. The molecule has 0 aliphatic carbocycles. The monoisotopic (exact) mass is 466 g/mol. The number of benzene rings is 2. The molecular weight excluding hydrogens is 436 g/mol. The summed E-state index contributed by atoms with van der Waals surface area (Å²) in [7, 11) is 0. The first-order chi connectivity index (χ1) is 16.7. The zero-order valence-corrected chi connectivity index (χ0v) is 19.2. The van der Waals surface area contributed by atoms with E-state index in [1.807, 2.05) is 36.4 Å². The average Bonchev–Trinajstić information content (AvgIpc) is 2.89. The molecule has 4 rings (SSSR count). The number of hydrogen-bond acceptors (Lipinski definition) is 7. The van der Waals surface area contributed by atoms with Crippen LogP contribution < -0.4 is 10.2 Å². The highest BCUT2D eigenvalue weighted by Crippen LogP contribution is 2.12. The number of amides is 2. The SMILES string of the molecule is O=C(N/N=C\c1ccc(OCC(=O)N2CCOCC2)cc1)c1ccc(CN2CCOCC2)cc1. The zero-order valence-electron chi connectivity index (χ0n) is 19.2. The lowest BCUT2D eigenvalue weighted by molar-refractivity contribution is -0.137. The van der Waals surface area contributed by atoms with Crippen LogP contribution in [0.1, 0.15) is 21.5 Å². The van der Waals surface area contributed by atoms with Crippen LogP contribution >= 0.6 is 0 Å². The molecule has 2 saturated heterocycles. The molecule has 0 bridgehead atoms. The summed E-state index contributed by atoms with van der Waals surface area (Å²) in [5.41, 5.74) is 5.07. The van der Waals surface area contributed by atoms with E-state index in [9.17, 15) is 9.59 Å². The average molecular weight is 467 g/mol. The van der Waals surface area contributed by atoms with Gasteiger partial charge in [-0.05, 0) is 47.5 Å². The lowest BCUT2D eigenvalue weighted by Gasteiger charge is -2.26. The van der Waals surface area contributed by atoms with Gasteiger partial charge in [-0.25, -0.2) is 5.43 Å². The number of nitrogens with one attached hydrogen (secondary N) is 1. The Bertz CT molecular complexity index is 966. The molecule has 2 aromatic rings. The quantitative estimate of drug-likeness (QED) is 0.469. The first-order valence-electron chi connectivity index (χ1n) is 11.5. The van der Waals surface area contributed by atoms with E-state index in [1.165, 1.54) is 0 Å². The van der Waals surface area contributed by atoms with Gasteiger partial charge in [-0.15, -0.1) is 0 Å². The summed E-state index contributed by atoms with van der Waals surface area (Å²) in [6, 6.07) is 14.7. The molecule has 1 N–H and O–H groups in total. The Kier molecular flexibility index (Phi) is 8.61. The predicted octanol–water partition coefficient (Wildman–Crippen LogP) is 1.52. The molecule has 2 aromatic carbocycles. The minimum Gasteiger partial charge on any atom is -0.484 e. The fourth-order valence-electron chi connectivity index (χ4n) is 3.71. The van der Waals surface area contributed by atoms with Crippen LogP contribution in [0.5, 0.6) is 5.75 Å². The molecule has 0 unspecified atom stereocenters. The summed E-state index contributed by atoms with van der Waals surface area (Å²) in [5.74, 6) is 0.279. The fraction of sp³-hybridized carbons (Fsp3) is 0.400. The largest absolute Gasteiger partial charge is 0.484 e. The van der Waals surface area contributed by atoms with E-state index in [4.69, 9.17) is 14.2 Å². The van der Waals surface area contributed by atoms with Crippen LogP contribution in [0.2, 0.25) is 0 Å². The van der Waals surface area contributed by atoms with Crippen molar-refractivity contribution in [1.82, 2.24) is 15.2 Å². The molecule has 2 heterocycles. The Labute approximate surface area is 199 Å². The molecule has 34 heavy (non-hydrogen) atoms. The van der Waals surface area contributed by atoms with Gasteiger partial charge in [-0.3, -0.25) is 14.5 Å². The van der Waals surface area contributed by atoms with E-state index in [0.717, 1.165) is 44.0 Å². The molecule has 0 atom stereocenters. The maximum absolute atomic E-state index is 12.4. The topological polar surface area (TPSA) is 92.7 Å². The summed E-state index contributed by atoms with van der Waals surface area (Å²) in [4.78, 5) is 28.6. The van der Waals surface area contributed by atoms with E-state index in [-0.39, 0.29) is 18.4 Å². The Hall–Kier alpha value is -3.27. The third-order valence-electron chi connectivity index (χ3n) is 5.71. The first-order valence-corrected chi connectivity index (χ1v) is 11.5. The molecule has 2 aliphatic heterocycles. The van der Waals surface area contributed by atoms with Crippen molar-refractivity contribution in [1.29, 1.82) is 0 Å². The number of rotatable bonds is 8. The Balaban J connectivity index is 1.20. The maximum atomic E-state index is 12.4. The van der Waals surface area contributed by atoms with Gasteiger partial charge in [0.25, 0.3) is 11.8 Å². The number of hydrogen-bond donors (Lipinski definition) is 1. The first kappa shape index (κ1) is 23.9. The summed E-state index contributed by atoms with van der Waals surface area (Å²) >= 11 is 0. The van der Waals surface area contributed by atoms with Crippen molar-refractivity contribution in [3.05, 3.63) is 65.2 Å². The van der Waals surface area contributed by atoms with Gasteiger partial charge in [0.2, 0.25) is 0 Å². The van der Waals surface area contributed by atoms with E-state index >= 15 is 0 Å². The second-order valence-corrected chi connectivity index (χ2v) is 8.14. The second kappa shape index (κ2) is 12.3. The van der Waals surface area contributed by atoms with Crippen LogP contribution in [0.15, 0.2) is 53.6 Å². The predicted molar refractivity (Wildman–Crippen MR) is 127 cm³/mol. The third kappa shape index (κ3) is 7.11. The van der Waals surface area contributed by atoms with Crippen molar-refractivity contribution in [3.8, 4) is 5.75 Å². The molecule has 0 radical (unpaired) electrons. The molecule has 9 heteroatoms. The van der Waals surface area contributed by atoms with Crippen LogP contribution in [0.4, 0.5) is 0 Å². The van der Waals surface area contributed by atoms with Crippen molar-refractivity contribution in [2.45, 2.75) is 6.54 Å². The number of carbonyl (C=O) groups is 2. The van der Waals surface area contributed by atoms with E-state index in [1.54, 1.807) is 23.2 Å². The highest BCUT2D eigenvalue weighted by Gasteiger charge is 2.17. The number of nitrogens with zero attached hydrogens (tertiary/aromatic N) is 3. The standard InChI is InChI=1S/C25H30N4O5/c30-24(29-11-15-33-16-12-29)19-34-23-7-3-20(4-8-23)17-26-27-25(31)22-5-1-21(2-6-22)18-28-9-13-32-14-10-28/h1-8,17H,9-16,18-19H2,(H,27,31)/b26-17-. The van der Waals surface area contributed by atoms with Gasteiger partial charge in [0.15, 0.2) is 6.61 Å². The molecule has 0 aromatic heterocycles. The van der Waals surface area contributed by atoms with Crippen molar-refractivity contribution in [3.63, 3.8) is 0 Å². The highest BCUT2D eigenvalue weighted by molar-refractivity contribution is 5.94. The van der Waals surface area contributed by atoms with E-state index in [2.05, 4.69) is 15.4 Å². The second-order valence-electron chi connectivity index (χ2n) is 8.14. The van der Waals surface area contributed by atoms with Crippen LogP contribution in [0.25, 0.3) is 0 Å². The lowest BCUT2D eigenvalue weighted by Crippen LogP contribution is -2.42. The van der Waals surface area contributed by atoms with Crippen molar-refractivity contribution in [2.75, 3.05) is 59.2 Å². The number of morpholine rings is 2. The van der Waals surface area contributed by atoms with Gasteiger partial charge < -0.3 is 19.1 Å². The van der Waals surface area contributed by atoms with Crippen LogP contribution in [0.3, 0.4) is 0 Å². The molecule has 180 valence electrons. The number of ether oxygens (including phenoxy) is 3. The minimum atomic E-state index is -0.268. The van der Waals surface area contributed by atoms with Crippen molar-refractivity contribution in [2.24, 2.45) is 5.10 Å². The zero-order chi connectivity index (χ0) is 23.6. The fourth-order valence-corrected chi connectivity index (χ4v) is 3.71. The molecular formula is C25H30N4O5. The molecule has 2 amide bonds. The van der Waals surface area contributed by atoms with E-state index < -0.39 is 0 Å². The van der Waals surface area contributed by atoms with Gasteiger partial charge >= 0.3 is 0 Å². The summed E-state index contributed by atoms with van der Waals surface area (Å²) in [5, 5.41) is 4.04. The summed E-state index contributed by atoms with van der Waals surface area (Å²) in [6.45, 7) is 6.56. The van der Waals surface area contributed by atoms with Gasteiger partial charge in [-0.2, -0.15) is 5.10 Å². The summed E-state index contributed by atoms with van der Waals surface area (Å²) < 4.78 is 16.2. The molecule has 0 spiro atoms.